The first-order valence-corrected chi connectivity index (χ1v) is 6.68. The fourth-order valence-electron chi connectivity index (χ4n) is 1.28. The van der Waals surface area contributed by atoms with Gasteiger partial charge in [-0.05, 0) is 12.1 Å². The van der Waals surface area contributed by atoms with E-state index in [4.69, 9.17) is 10.5 Å². The van der Waals surface area contributed by atoms with Gasteiger partial charge in [0.2, 0.25) is 5.91 Å². The third-order valence-electron chi connectivity index (χ3n) is 2.14. The van der Waals surface area contributed by atoms with Crippen LogP contribution < -0.4 is 15.8 Å². The molecule has 0 heterocycles. The van der Waals surface area contributed by atoms with Crippen molar-refractivity contribution < 1.29 is 9.53 Å². The Balaban J connectivity index is 2.64. The van der Waals surface area contributed by atoms with Gasteiger partial charge in [-0.2, -0.15) is 0 Å². The van der Waals surface area contributed by atoms with E-state index in [0.29, 0.717) is 22.9 Å². The summed E-state index contributed by atoms with van der Waals surface area (Å²) in [6.45, 7) is 6.23. The second-order valence-corrected chi connectivity index (χ2v) is 6.71. The zero-order valence-corrected chi connectivity index (χ0v) is 12.1. The molecule has 1 aromatic rings. The number of hydrogen-bond donors (Lipinski definition) is 2. The molecule has 0 aromatic heterocycles. The largest absolute Gasteiger partial charge is 0.494 e. The van der Waals surface area contributed by atoms with Gasteiger partial charge in [-0.1, -0.05) is 20.8 Å². The first-order chi connectivity index (χ1) is 8.31. The van der Waals surface area contributed by atoms with Gasteiger partial charge in [0, 0.05) is 16.5 Å². The maximum atomic E-state index is 11.8. The highest BCUT2D eigenvalue weighted by molar-refractivity contribution is 8.01. The number of nitrogens with one attached hydrogen (secondary N) is 1. The van der Waals surface area contributed by atoms with Crippen molar-refractivity contribution in [1.82, 2.24) is 0 Å². The zero-order valence-electron chi connectivity index (χ0n) is 11.2. The molecular formula is C13H20N2O2S. The van der Waals surface area contributed by atoms with Gasteiger partial charge in [0.25, 0.3) is 0 Å². The summed E-state index contributed by atoms with van der Waals surface area (Å²) in [6, 6.07) is 5.16. The lowest BCUT2D eigenvalue weighted by atomic mass is 10.2. The maximum Gasteiger partial charge on any atom is 0.234 e. The quantitative estimate of drug-likeness (QED) is 0.824. The molecule has 0 aliphatic rings. The Hall–Kier alpha value is -1.36. The van der Waals surface area contributed by atoms with Crippen LogP contribution in [0.25, 0.3) is 0 Å². The Morgan fingerprint density at radius 3 is 2.67 bits per heavy atom. The van der Waals surface area contributed by atoms with Crippen molar-refractivity contribution in [3.8, 4) is 5.75 Å². The SMILES string of the molecule is COc1cc(N)ccc1NC(=O)CSC(C)(C)C. The summed E-state index contributed by atoms with van der Waals surface area (Å²) in [5.74, 6) is 0.943. The van der Waals surface area contributed by atoms with Gasteiger partial charge in [0.1, 0.15) is 5.75 Å². The molecule has 5 heteroatoms. The molecular weight excluding hydrogens is 248 g/mol. The summed E-state index contributed by atoms with van der Waals surface area (Å²) in [5, 5.41) is 2.82. The van der Waals surface area contributed by atoms with Gasteiger partial charge in [-0.3, -0.25) is 4.79 Å². The van der Waals surface area contributed by atoms with Crippen LogP contribution in [-0.4, -0.2) is 23.5 Å². The molecule has 18 heavy (non-hydrogen) atoms. The number of nitrogens with two attached hydrogens (primary N) is 1. The lowest BCUT2D eigenvalue weighted by molar-refractivity contribution is -0.113. The Bertz CT molecular complexity index is 427. The molecule has 0 unspecified atom stereocenters. The molecule has 0 bridgehead atoms. The van der Waals surface area contributed by atoms with E-state index in [1.165, 1.54) is 0 Å². The highest BCUT2D eigenvalue weighted by Gasteiger charge is 2.14. The van der Waals surface area contributed by atoms with Gasteiger partial charge in [0.05, 0.1) is 18.6 Å². The van der Waals surface area contributed by atoms with Crippen LogP contribution in [-0.2, 0) is 4.79 Å². The Morgan fingerprint density at radius 2 is 2.11 bits per heavy atom. The maximum absolute atomic E-state index is 11.8. The number of carbonyl (C=O) groups is 1. The monoisotopic (exact) mass is 268 g/mol. The van der Waals surface area contributed by atoms with E-state index in [1.807, 2.05) is 0 Å². The molecule has 1 aromatic carbocycles. The Morgan fingerprint density at radius 1 is 1.44 bits per heavy atom. The van der Waals surface area contributed by atoms with Gasteiger partial charge >= 0.3 is 0 Å². The van der Waals surface area contributed by atoms with Crippen LogP contribution in [0, 0.1) is 0 Å². The summed E-state index contributed by atoms with van der Waals surface area (Å²) in [5.41, 5.74) is 6.90. The van der Waals surface area contributed by atoms with E-state index in [0.717, 1.165) is 0 Å². The van der Waals surface area contributed by atoms with E-state index in [1.54, 1.807) is 37.1 Å². The second kappa shape index (κ2) is 6.00. The molecule has 0 saturated carbocycles. The molecule has 0 fully saturated rings. The number of anilines is 2. The number of thioether (sulfide) groups is 1. The second-order valence-electron chi connectivity index (χ2n) is 4.91. The van der Waals surface area contributed by atoms with Gasteiger partial charge in [-0.25, -0.2) is 0 Å². The van der Waals surface area contributed by atoms with Crippen molar-refractivity contribution in [2.75, 3.05) is 23.9 Å². The predicted molar refractivity (Wildman–Crippen MR) is 78.2 cm³/mol. The standard InChI is InChI=1S/C13H20N2O2S/c1-13(2,3)18-8-12(16)15-10-6-5-9(14)7-11(10)17-4/h5-7H,8,14H2,1-4H3,(H,15,16). The minimum absolute atomic E-state index is 0.0435. The molecule has 3 N–H and O–H groups in total. The van der Waals surface area contributed by atoms with Crippen LogP contribution in [0.5, 0.6) is 5.75 Å². The first kappa shape index (κ1) is 14.7. The predicted octanol–water partition coefficient (Wildman–Crippen LogP) is 2.75. The first-order valence-electron chi connectivity index (χ1n) is 5.69. The summed E-state index contributed by atoms with van der Waals surface area (Å²) in [6.07, 6.45) is 0. The Kier molecular flexibility index (Phi) is 4.90. The molecule has 0 aliphatic carbocycles. The molecule has 4 nitrogen and oxygen atoms in total. The van der Waals surface area contributed by atoms with Crippen molar-refractivity contribution in [2.45, 2.75) is 25.5 Å². The number of nitrogen functional groups attached to an aromatic ring is 1. The summed E-state index contributed by atoms with van der Waals surface area (Å²) >= 11 is 1.60. The fourth-order valence-corrected chi connectivity index (χ4v) is 1.92. The summed E-state index contributed by atoms with van der Waals surface area (Å²) in [4.78, 5) is 11.8. The molecule has 0 saturated heterocycles. The fraction of sp³-hybridized carbons (Fsp3) is 0.462. The molecule has 0 atom stereocenters. The van der Waals surface area contributed by atoms with Crippen LogP contribution in [0.4, 0.5) is 11.4 Å². The van der Waals surface area contributed by atoms with Gasteiger partial charge in [-0.15, -0.1) is 11.8 Å². The molecule has 0 aliphatic heterocycles. The Labute approximate surface area is 112 Å². The van der Waals surface area contributed by atoms with E-state index in [-0.39, 0.29) is 10.7 Å². The molecule has 0 radical (unpaired) electrons. The van der Waals surface area contributed by atoms with Crippen LogP contribution in [0.2, 0.25) is 0 Å². The van der Waals surface area contributed by atoms with Crippen molar-refractivity contribution >= 4 is 29.0 Å². The van der Waals surface area contributed by atoms with E-state index < -0.39 is 0 Å². The lowest BCUT2D eigenvalue weighted by Gasteiger charge is -2.17. The van der Waals surface area contributed by atoms with Crippen molar-refractivity contribution in [1.29, 1.82) is 0 Å². The van der Waals surface area contributed by atoms with Crippen LogP contribution in [0.1, 0.15) is 20.8 Å². The molecule has 0 spiro atoms. The van der Waals surface area contributed by atoms with Gasteiger partial charge in [0.15, 0.2) is 0 Å². The van der Waals surface area contributed by atoms with Crippen molar-refractivity contribution in [3.63, 3.8) is 0 Å². The summed E-state index contributed by atoms with van der Waals surface area (Å²) < 4.78 is 5.24. The van der Waals surface area contributed by atoms with Crippen molar-refractivity contribution in [2.24, 2.45) is 0 Å². The van der Waals surface area contributed by atoms with Crippen molar-refractivity contribution in [3.05, 3.63) is 18.2 Å². The third-order valence-corrected chi connectivity index (χ3v) is 3.41. The smallest absolute Gasteiger partial charge is 0.234 e. The van der Waals surface area contributed by atoms with E-state index >= 15 is 0 Å². The minimum Gasteiger partial charge on any atom is -0.494 e. The molecule has 1 amide bonds. The van der Waals surface area contributed by atoms with Gasteiger partial charge < -0.3 is 15.8 Å². The lowest BCUT2D eigenvalue weighted by Crippen LogP contribution is -2.19. The van der Waals surface area contributed by atoms with Crippen LogP contribution in [0.3, 0.4) is 0 Å². The average molecular weight is 268 g/mol. The zero-order chi connectivity index (χ0) is 13.8. The molecule has 100 valence electrons. The topological polar surface area (TPSA) is 64.3 Å². The highest BCUT2D eigenvalue weighted by Crippen LogP contribution is 2.27. The average Bonchev–Trinajstić information content (AvgIpc) is 2.28. The highest BCUT2D eigenvalue weighted by atomic mass is 32.2. The summed E-state index contributed by atoms with van der Waals surface area (Å²) in [7, 11) is 1.55. The number of carbonyl (C=O) groups excluding carboxylic acids is 1. The number of amides is 1. The molecule has 1 rings (SSSR count). The minimum atomic E-state index is -0.0435. The number of rotatable bonds is 4. The van der Waals surface area contributed by atoms with E-state index in [9.17, 15) is 4.79 Å². The number of ether oxygens (including phenoxy) is 1. The van der Waals surface area contributed by atoms with Crippen LogP contribution in [0.15, 0.2) is 18.2 Å². The number of methoxy groups -OCH3 is 1. The van der Waals surface area contributed by atoms with Crippen LogP contribution >= 0.6 is 11.8 Å². The normalized spacial score (nSPS) is 11.1. The number of hydrogen-bond acceptors (Lipinski definition) is 4. The number of benzene rings is 1. The third kappa shape index (κ3) is 4.87. The van der Waals surface area contributed by atoms with E-state index in [2.05, 4.69) is 26.1 Å².